The van der Waals surface area contributed by atoms with Gasteiger partial charge < -0.3 is 14.9 Å². The van der Waals surface area contributed by atoms with Gasteiger partial charge in [0.05, 0.1) is 6.10 Å². The molecule has 0 saturated heterocycles. The molecular formula is C19H22N2O3. The number of allylic oxidation sites excluding steroid dienone is 1. The number of urea groups is 1. The Balaban J connectivity index is 1.86. The van der Waals surface area contributed by atoms with Gasteiger partial charge in [-0.3, -0.25) is 0 Å². The first-order valence-corrected chi connectivity index (χ1v) is 7.80. The summed E-state index contributed by atoms with van der Waals surface area (Å²) in [6.07, 6.45) is 4.01. The molecular weight excluding hydrogens is 304 g/mol. The number of anilines is 1. The van der Waals surface area contributed by atoms with Gasteiger partial charge in [-0.1, -0.05) is 30.4 Å². The van der Waals surface area contributed by atoms with E-state index in [9.17, 15) is 4.79 Å². The van der Waals surface area contributed by atoms with E-state index in [0.29, 0.717) is 17.2 Å². The molecule has 2 amide bonds. The van der Waals surface area contributed by atoms with Crippen LogP contribution in [0.15, 0.2) is 54.6 Å². The number of nitrogens with one attached hydrogen (secondary N) is 2. The van der Waals surface area contributed by atoms with E-state index in [1.54, 1.807) is 24.3 Å². The van der Waals surface area contributed by atoms with Crippen molar-refractivity contribution in [3.8, 4) is 11.5 Å². The minimum absolute atomic E-state index is 0.0722. The van der Waals surface area contributed by atoms with Crippen LogP contribution in [0.25, 0.3) is 6.08 Å². The average molecular weight is 326 g/mol. The molecule has 2 aromatic rings. The molecule has 0 aliphatic rings. The van der Waals surface area contributed by atoms with Crippen molar-refractivity contribution in [1.29, 1.82) is 0 Å². The number of hydrogen-bond acceptors (Lipinski definition) is 3. The first-order chi connectivity index (χ1) is 11.6. The first-order valence-electron chi connectivity index (χ1n) is 7.80. The monoisotopic (exact) mass is 326 g/mol. The Morgan fingerprint density at radius 2 is 1.83 bits per heavy atom. The summed E-state index contributed by atoms with van der Waals surface area (Å²) >= 11 is 0. The van der Waals surface area contributed by atoms with Crippen LogP contribution in [0.2, 0.25) is 0 Å². The van der Waals surface area contributed by atoms with Crippen molar-refractivity contribution >= 4 is 17.8 Å². The highest BCUT2D eigenvalue weighted by Gasteiger charge is 2.05. The molecule has 0 aliphatic heterocycles. The minimum Gasteiger partial charge on any atom is -0.491 e. The summed E-state index contributed by atoms with van der Waals surface area (Å²) in [4.78, 5) is 17.1. The molecule has 5 heteroatoms. The fraction of sp³-hybridized carbons (Fsp3) is 0.211. The summed E-state index contributed by atoms with van der Waals surface area (Å²) in [5.74, 6) is 1.25. The van der Waals surface area contributed by atoms with Crippen LogP contribution in [0.4, 0.5) is 10.5 Å². The quantitative estimate of drug-likeness (QED) is 0.761. The molecule has 0 aliphatic carbocycles. The summed E-state index contributed by atoms with van der Waals surface area (Å²) in [6, 6.07) is 14.1. The van der Waals surface area contributed by atoms with Gasteiger partial charge in [0.15, 0.2) is 5.75 Å². The fourth-order valence-corrected chi connectivity index (χ4v) is 2.02. The van der Waals surface area contributed by atoms with Crippen molar-refractivity contribution in [2.45, 2.75) is 26.9 Å². The summed E-state index contributed by atoms with van der Waals surface area (Å²) in [5, 5.41) is 2.69. The van der Waals surface area contributed by atoms with Crippen LogP contribution in [-0.4, -0.2) is 12.1 Å². The van der Waals surface area contributed by atoms with Gasteiger partial charge in [-0.2, -0.15) is 5.48 Å². The van der Waals surface area contributed by atoms with E-state index < -0.39 is 6.03 Å². The third-order valence-electron chi connectivity index (χ3n) is 2.96. The topological polar surface area (TPSA) is 59.6 Å². The maximum absolute atomic E-state index is 11.9. The van der Waals surface area contributed by atoms with E-state index in [1.807, 2.05) is 57.2 Å². The average Bonchev–Trinajstić information content (AvgIpc) is 2.54. The molecule has 24 heavy (non-hydrogen) atoms. The SMILES string of the molecule is C/C=C/c1ccc(ONC(=O)Nc2cccc(OC(C)C)c2)cc1. The second kappa shape index (κ2) is 8.62. The fourth-order valence-electron chi connectivity index (χ4n) is 2.02. The Labute approximate surface area is 142 Å². The largest absolute Gasteiger partial charge is 0.491 e. The van der Waals surface area contributed by atoms with Crippen molar-refractivity contribution in [2.75, 3.05) is 5.32 Å². The van der Waals surface area contributed by atoms with E-state index in [4.69, 9.17) is 9.57 Å². The van der Waals surface area contributed by atoms with E-state index in [0.717, 1.165) is 5.56 Å². The molecule has 126 valence electrons. The highest BCUT2D eigenvalue weighted by atomic mass is 16.7. The zero-order chi connectivity index (χ0) is 17.4. The van der Waals surface area contributed by atoms with Crippen LogP contribution < -0.4 is 20.4 Å². The molecule has 0 heterocycles. The smallest absolute Gasteiger partial charge is 0.352 e. The Bertz CT molecular complexity index is 694. The van der Waals surface area contributed by atoms with Gasteiger partial charge in [0.25, 0.3) is 0 Å². The summed E-state index contributed by atoms with van der Waals surface area (Å²) in [5.41, 5.74) is 4.04. The summed E-state index contributed by atoms with van der Waals surface area (Å²) in [6.45, 7) is 5.85. The molecule has 0 spiro atoms. The van der Waals surface area contributed by atoms with Gasteiger partial charge in [0, 0.05) is 11.8 Å². The predicted octanol–water partition coefficient (Wildman–Crippen LogP) is 4.62. The number of carbonyl (C=O) groups excluding carboxylic acids is 1. The highest BCUT2D eigenvalue weighted by molar-refractivity contribution is 5.88. The lowest BCUT2D eigenvalue weighted by Crippen LogP contribution is -2.31. The number of hydroxylamine groups is 1. The molecule has 0 bridgehead atoms. The standard InChI is InChI=1S/C19H22N2O3/c1-4-6-15-9-11-17(12-10-15)24-21-19(22)20-16-7-5-8-18(13-16)23-14(2)3/h4-14H,1-3H3,(H2,20,21,22)/b6-4+. The normalized spacial score (nSPS) is 10.7. The number of amides is 2. The molecule has 2 rings (SSSR count). The van der Waals surface area contributed by atoms with E-state index in [-0.39, 0.29) is 6.10 Å². The lowest BCUT2D eigenvalue weighted by Gasteiger charge is -2.12. The third kappa shape index (κ3) is 5.68. The molecule has 0 atom stereocenters. The zero-order valence-electron chi connectivity index (χ0n) is 14.1. The van der Waals surface area contributed by atoms with Gasteiger partial charge in [-0.25, -0.2) is 4.79 Å². The van der Waals surface area contributed by atoms with Gasteiger partial charge in [-0.15, -0.1) is 0 Å². The maximum Gasteiger partial charge on any atom is 0.352 e. The molecule has 0 saturated carbocycles. The number of ether oxygens (including phenoxy) is 1. The second-order valence-electron chi connectivity index (χ2n) is 5.42. The van der Waals surface area contributed by atoms with E-state index >= 15 is 0 Å². The van der Waals surface area contributed by atoms with Crippen molar-refractivity contribution in [3.05, 3.63) is 60.2 Å². The van der Waals surface area contributed by atoms with Crippen molar-refractivity contribution in [3.63, 3.8) is 0 Å². The zero-order valence-corrected chi connectivity index (χ0v) is 14.1. The van der Waals surface area contributed by atoms with Gasteiger partial charge in [0.2, 0.25) is 0 Å². The molecule has 0 unspecified atom stereocenters. The van der Waals surface area contributed by atoms with Crippen molar-refractivity contribution in [2.24, 2.45) is 0 Å². The van der Waals surface area contributed by atoms with Crippen molar-refractivity contribution < 1.29 is 14.4 Å². The van der Waals surface area contributed by atoms with Crippen LogP contribution in [0.1, 0.15) is 26.3 Å². The van der Waals surface area contributed by atoms with E-state index in [2.05, 4.69) is 10.8 Å². The number of carbonyl (C=O) groups is 1. The van der Waals surface area contributed by atoms with Gasteiger partial charge in [0.1, 0.15) is 5.75 Å². The predicted molar refractivity (Wildman–Crippen MR) is 96.1 cm³/mol. The number of hydrogen-bond donors (Lipinski definition) is 2. The Morgan fingerprint density at radius 1 is 1.08 bits per heavy atom. The molecule has 2 N–H and O–H groups in total. The van der Waals surface area contributed by atoms with Crippen LogP contribution in [0.3, 0.4) is 0 Å². The Morgan fingerprint density at radius 3 is 2.50 bits per heavy atom. The minimum atomic E-state index is -0.464. The third-order valence-corrected chi connectivity index (χ3v) is 2.96. The summed E-state index contributed by atoms with van der Waals surface area (Å²) in [7, 11) is 0. The lowest BCUT2D eigenvalue weighted by atomic mass is 10.2. The molecule has 0 radical (unpaired) electrons. The van der Waals surface area contributed by atoms with Crippen LogP contribution in [-0.2, 0) is 0 Å². The van der Waals surface area contributed by atoms with Crippen LogP contribution in [0, 0.1) is 0 Å². The number of benzene rings is 2. The summed E-state index contributed by atoms with van der Waals surface area (Å²) < 4.78 is 5.59. The molecule has 0 fully saturated rings. The highest BCUT2D eigenvalue weighted by Crippen LogP contribution is 2.18. The number of rotatable bonds is 6. The van der Waals surface area contributed by atoms with Crippen LogP contribution in [0.5, 0.6) is 11.5 Å². The lowest BCUT2D eigenvalue weighted by molar-refractivity contribution is 0.189. The van der Waals surface area contributed by atoms with E-state index in [1.165, 1.54) is 0 Å². The van der Waals surface area contributed by atoms with Crippen LogP contribution >= 0.6 is 0 Å². The Hall–Kier alpha value is -2.95. The van der Waals surface area contributed by atoms with Gasteiger partial charge >= 0.3 is 6.03 Å². The van der Waals surface area contributed by atoms with Crippen molar-refractivity contribution in [1.82, 2.24) is 5.48 Å². The Kier molecular flexibility index (Phi) is 6.25. The van der Waals surface area contributed by atoms with Gasteiger partial charge in [-0.05, 0) is 50.6 Å². The molecule has 0 aromatic heterocycles. The molecule has 5 nitrogen and oxygen atoms in total. The second-order valence-corrected chi connectivity index (χ2v) is 5.42. The molecule has 2 aromatic carbocycles. The maximum atomic E-state index is 11.9. The first kappa shape index (κ1) is 17.4.